The van der Waals surface area contributed by atoms with Gasteiger partial charge in [0, 0.05) is 6.04 Å². The van der Waals surface area contributed by atoms with Crippen molar-refractivity contribution in [2.45, 2.75) is 18.9 Å². The SMILES string of the molecule is C=COC(=O)NC1CC1. The number of carbonyl (C=O) groups excluding carboxylic acids is 1. The molecule has 0 unspecified atom stereocenters. The van der Waals surface area contributed by atoms with Gasteiger partial charge in [0.15, 0.2) is 0 Å². The van der Waals surface area contributed by atoms with Gasteiger partial charge in [-0.2, -0.15) is 0 Å². The molecule has 0 radical (unpaired) electrons. The molecule has 0 saturated heterocycles. The third-order valence-electron chi connectivity index (χ3n) is 1.09. The predicted octanol–water partition coefficient (Wildman–Crippen LogP) is 1.02. The minimum Gasteiger partial charge on any atom is -0.419 e. The third-order valence-corrected chi connectivity index (χ3v) is 1.09. The molecule has 0 bridgehead atoms. The zero-order valence-corrected chi connectivity index (χ0v) is 5.09. The van der Waals surface area contributed by atoms with Gasteiger partial charge in [-0.1, -0.05) is 6.58 Å². The summed E-state index contributed by atoms with van der Waals surface area (Å²) < 4.78 is 4.41. The average Bonchev–Trinajstić information content (AvgIpc) is 2.50. The molecule has 0 aromatic rings. The van der Waals surface area contributed by atoms with Crippen LogP contribution in [0.4, 0.5) is 4.79 Å². The van der Waals surface area contributed by atoms with E-state index in [-0.39, 0.29) is 0 Å². The molecule has 1 fully saturated rings. The Bertz CT molecular complexity index is 129. The molecule has 1 rings (SSSR count). The van der Waals surface area contributed by atoms with Crippen LogP contribution in [-0.4, -0.2) is 12.1 Å². The second-order valence-electron chi connectivity index (χ2n) is 1.99. The normalized spacial score (nSPS) is 16.4. The summed E-state index contributed by atoms with van der Waals surface area (Å²) in [7, 11) is 0. The highest BCUT2D eigenvalue weighted by Gasteiger charge is 2.23. The molecule has 3 heteroatoms. The van der Waals surface area contributed by atoms with Crippen molar-refractivity contribution in [2.75, 3.05) is 0 Å². The Morgan fingerprint density at radius 3 is 2.89 bits per heavy atom. The molecule has 50 valence electrons. The van der Waals surface area contributed by atoms with Crippen LogP contribution in [0.2, 0.25) is 0 Å². The molecular weight excluding hydrogens is 118 g/mol. The molecule has 1 N–H and O–H groups in total. The maximum Gasteiger partial charge on any atom is 0.412 e. The first-order valence-corrected chi connectivity index (χ1v) is 2.91. The minimum absolute atomic E-state index is 0.359. The summed E-state index contributed by atoms with van der Waals surface area (Å²) in [4.78, 5) is 10.5. The Morgan fingerprint density at radius 2 is 2.44 bits per heavy atom. The van der Waals surface area contributed by atoms with Crippen LogP contribution in [0.25, 0.3) is 0 Å². The Balaban J connectivity index is 2.09. The largest absolute Gasteiger partial charge is 0.419 e. The zero-order valence-electron chi connectivity index (χ0n) is 5.09. The van der Waals surface area contributed by atoms with Crippen LogP contribution in [0.5, 0.6) is 0 Å². The quantitative estimate of drug-likeness (QED) is 0.562. The van der Waals surface area contributed by atoms with Crippen molar-refractivity contribution in [1.82, 2.24) is 5.32 Å². The van der Waals surface area contributed by atoms with E-state index in [1.54, 1.807) is 0 Å². The van der Waals surface area contributed by atoms with E-state index in [9.17, 15) is 4.79 Å². The number of rotatable bonds is 2. The topological polar surface area (TPSA) is 38.3 Å². The van der Waals surface area contributed by atoms with Gasteiger partial charge in [-0.15, -0.1) is 0 Å². The number of hydrogen-bond donors (Lipinski definition) is 1. The summed E-state index contributed by atoms with van der Waals surface area (Å²) in [5, 5.41) is 2.62. The van der Waals surface area contributed by atoms with E-state index < -0.39 is 6.09 Å². The van der Waals surface area contributed by atoms with E-state index in [4.69, 9.17) is 0 Å². The van der Waals surface area contributed by atoms with Crippen molar-refractivity contribution in [2.24, 2.45) is 0 Å². The van der Waals surface area contributed by atoms with Crippen molar-refractivity contribution in [3.05, 3.63) is 12.8 Å². The lowest BCUT2D eigenvalue weighted by molar-refractivity contribution is 0.185. The van der Waals surface area contributed by atoms with Crippen molar-refractivity contribution < 1.29 is 9.53 Å². The number of carbonyl (C=O) groups is 1. The number of amides is 1. The number of hydrogen-bond acceptors (Lipinski definition) is 2. The van der Waals surface area contributed by atoms with E-state index in [0.717, 1.165) is 19.1 Å². The first kappa shape index (κ1) is 6.13. The van der Waals surface area contributed by atoms with E-state index >= 15 is 0 Å². The fourth-order valence-corrected chi connectivity index (χ4v) is 0.504. The first-order valence-electron chi connectivity index (χ1n) is 2.91. The second kappa shape index (κ2) is 2.53. The van der Waals surface area contributed by atoms with Crippen molar-refractivity contribution >= 4 is 6.09 Å². The van der Waals surface area contributed by atoms with Gasteiger partial charge in [0.25, 0.3) is 0 Å². The number of alkyl carbamates (subject to hydrolysis) is 1. The highest BCUT2D eigenvalue weighted by atomic mass is 16.5. The number of nitrogens with one attached hydrogen (secondary N) is 1. The number of ether oxygens (including phenoxy) is 1. The smallest absolute Gasteiger partial charge is 0.412 e. The lowest BCUT2D eigenvalue weighted by Gasteiger charge is -1.97. The van der Waals surface area contributed by atoms with Gasteiger partial charge < -0.3 is 10.1 Å². The Morgan fingerprint density at radius 1 is 1.78 bits per heavy atom. The summed E-state index contributed by atoms with van der Waals surface area (Å²) >= 11 is 0. The van der Waals surface area contributed by atoms with E-state index in [2.05, 4.69) is 16.6 Å². The third kappa shape index (κ3) is 2.17. The van der Waals surface area contributed by atoms with Crippen LogP contribution in [0.3, 0.4) is 0 Å². The van der Waals surface area contributed by atoms with Gasteiger partial charge in [0.05, 0.1) is 6.26 Å². The molecule has 1 aliphatic rings. The van der Waals surface area contributed by atoms with Crippen molar-refractivity contribution in [3.63, 3.8) is 0 Å². The lowest BCUT2D eigenvalue weighted by atomic mass is 10.7. The van der Waals surface area contributed by atoms with Gasteiger partial charge in [0.2, 0.25) is 0 Å². The molecule has 3 nitrogen and oxygen atoms in total. The van der Waals surface area contributed by atoms with E-state index in [1.165, 1.54) is 0 Å². The van der Waals surface area contributed by atoms with E-state index in [0.29, 0.717) is 6.04 Å². The molecule has 0 spiro atoms. The second-order valence-corrected chi connectivity index (χ2v) is 1.99. The molecule has 1 saturated carbocycles. The maximum absolute atomic E-state index is 10.5. The van der Waals surface area contributed by atoms with Crippen LogP contribution in [0.1, 0.15) is 12.8 Å². The van der Waals surface area contributed by atoms with Crippen LogP contribution in [0, 0.1) is 0 Å². The monoisotopic (exact) mass is 127 g/mol. The van der Waals surface area contributed by atoms with Gasteiger partial charge in [-0.25, -0.2) is 4.79 Å². The molecular formula is C6H9NO2. The molecule has 1 aliphatic carbocycles. The Labute approximate surface area is 53.7 Å². The van der Waals surface area contributed by atoms with Crippen LogP contribution in [0.15, 0.2) is 12.8 Å². The molecule has 0 aliphatic heterocycles. The summed E-state index contributed by atoms with van der Waals surface area (Å²) in [6, 6.07) is 0.359. The predicted molar refractivity (Wildman–Crippen MR) is 32.8 cm³/mol. The zero-order chi connectivity index (χ0) is 6.69. The highest BCUT2D eigenvalue weighted by Crippen LogP contribution is 2.18. The molecule has 9 heavy (non-hydrogen) atoms. The minimum atomic E-state index is -0.396. The molecule has 0 atom stereocenters. The fraction of sp³-hybridized carbons (Fsp3) is 0.500. The summed E-state index contributed by atoms with van der Waals surface area (Å²) in [5.74, 6) is 0. The molecule has 0 heterocycles. The Kier molecular flexibility index (Phi) is 1.72. The van der Waals surface area contributed by atoms with Crippen molar-refractivity contribution in [3.8, 4) is 0 Å². The standard InChI is InChI=1S/C6H9NO2/c1-2-9-6(8)7-5-3-4-5/h2,5H,1,3-4H2,(H,7,8). The first-order chi connectivity index (χ1) is 4.33. The van der Waals surface area contributed by atoms with Crippen molar-refractivity contribution in [1.29, 1.82) is 0 Å². The summed E-state index contributed by atoms with van der Waals surface area (Å²) in [6.07, 6.45) is 2.88. The van der Waals surface area contributed by atoms with E-state index in [1.807, 2.05) is 0 Å². The van der Waals surface area contributed by atoms with Crippen LogP contribution < -0.4 is 5.32 Å². The Hall–Kier alpha value is -0.990. The molecule has 1 amide bonds. The highest BCUT2D eigenvalue weighted by molar-refractivity contribution is 5.68. The van der Waals surface area contributed by atoms with Crippen LogP contribution >= 0.6 is 0 Å². The summed E-state index contributed by atoms with van der Waals surface area (Å²) in [6.45, 7) is 3.25. The van der Waals surface area contributed by atoms with Gasteiger partial charge >= 0.3 is 6.09 Å². The van der Waals surface area contributed by atoms with Gasteiger partial charge in [-0.3, -0.25) is 0 Å². The van der Waals surface area contributed by atoms with Gasteiger partial charge in [-0.05, 0) is 12.8 Å². The lowest BCUT2D eigenvalue weighted by Crippen LogP contribution is -2.24. The van der Waals surface area contributed by atoms with Gasteiger partial charge in [0.1, 0.15) is 0 Å². The maximum atomic E-state index is 10.5. The molecule has 0 aromatic heterocycles. The average molecular weight is 127 g/mol. The van der Waals surface area contributed by atoms with Crippen LogP contribution in [-0.2, 0) is 4.74 Å². The molecule has 0 aromatic carbocycles. The summed E-state index contributed by atoms with van der Waals surface area (Å²) in [5.41, 5.74) is 0. The fourth-order valence-electron chi connectivity index (χ4n) is 0.504.